The smallest absolute Gasteiger partial charge is 0.0328 e. The van der Waals surface area contributed by atoms with Gasteiger partial charge in [-0.3, -0.25) is 4.90 Å². The third-order valence-electron chi connectivity index (χ3n) is 4.72. The van der Waals surface area contributed by atoms with Crippen molar-refractivity contribution in [3.8, 4) is 0 Å². The van der Waals surface area contributed by atoms with Crippen LogP contribution in [0.2, 0.25) is 0 Å². The van der Waals surface area contributed by atoms with Gasteiger partial charge < -0.3 is 5.73 Å². The highest BCUT2D eigenvalue weighted by molar-refractivity contribution is 9.10. The normalized spacial score (nSPS) is 25.2. The molecule has 1 aromatic rings. The number of nitrogens with zero attached hydrogens (tertiary/aromatic N) is 1. The van der Waals surface area contributed by atoms with Crippen LogP contribution in [-0.2, 0) is 6.54 Å². The molecule has 1 saturated carbocycles. The first-order valence-electron chi connectivity index (χ1n) is 7.51. The zero-order chi connectivity index (χ0) is 13.2. The molecule has 2 N–H and O–H groups in total. The Morgan fingerprint density at radius 2 is 1.89 bits per heavy atom. The topological polar surface area (TPSA) is 29.3 Å². The molecule has 0 amide bonds. The fourth-order valence-corrected chi connectivity index (χ4v) is 4.48. The van der Waals surface area contributed by atoms with Crippen molar-refractivity contribution in [1.82, 2.24) is 4.90 Å². The minimum atomic E-state index is 0.822. The fraction of sp³-hybridized carbons (Fsp3) is 0.625. The van der Waals surface area contributed by atoms with Gasteiger partial charge in [-0.05, 0) is 61.9 Å². The second-order valence-electron chi connectivity index (χ2n) is 6.12. The number of hydrogen-bond donors (Lipinski definition) is 1. The minimum absolute atomic E-state index is 0.822. The van der Waals surface area contributed by atoms with E-state index in [9.17, 15) is 0 Å². The Labute approximate surface area is 124 Å². The van der Waals surface area contributed by atoms with Gasteiger partial charge in [-0.2, -0.15) is 0 Å². The molecule has 3 heteroatoms. The molecule has 1 aliphatic carbocycles. The van der Waals surface area contributed by atoms with Gasteiger partial charge in [0.05, 0.1) is 0 Å². The zero-order valence-corrected chi connectivity index (χ0v) is 13.0. The summed E-state index contributed by atoms with van der Waals surface area (Å²) in [4.78, 5) is 2.69. The van der Waals surface area contributed by atoms with Gasteiger partial charge >= 0.3 is 0 Å². The van der Waals surface area contributed by atoms with Crippen LogP contribution in [0.1, 0.15) is 44.1 Å². The fourth-order valence-electron chi connectivity index (χ4n) is 3.93. The summed E-state index contributed by atoms with van der Waals surface area (Å²) in [7, 11) is 0. The first-order valence-corrected chi connectivity index (χ1v) is 8.30. The summed E-state index contributed by atoms with van der Waals surface area (Å²) < 4.78 is 1.10. The van der Waals surface area contributed by atoms with Gasteiger partial charge in [-0.25, -0.2) is 0 Å². The predicted octanol–water partition coefficient (Wildman–Crippen LogP) is 4.19. The summed E-state index contributed by atoms with van der Waals surface area (Å²) in [5.41, 5.74) is 8.15. The number of likely N-dealkylation sites (tertiary alicyclic amines) is 1. The van der Waals surface area contributed by atoms with Crippen LogP contribution in [0.4, 0.5) is 5.69 Å². The lowest BCUT2D eigenvalue weighted by Gasteiger charge is -2.29. The standard InChI is InChI=1S/C16H23BrN2/c17-14-8-12(9-15(18)10-14)11-19-7-3-6-16(19)13-4-1-2-5-13/h8-10,13,16H,1-7,11,18H2. The zero-order valence-electron chi connectivity index (χ0n) is 11.4. The monoisotopic (exact) mass is 322 g/mol. The highest BCUT2D eigenvalue weighted by Crippen LogP contribution is 2.36. The van der Waals surface area contributed by atoms with Crippen molar-refractivity contribution in [3.05, 3.63) is 28.2 Å². The first kappa shape index (κ1) is 13.4. The molecule has 2 aliphatic rings. The van der Waals surface area contributed by atoms with Gasteiger partial charge in [-0.1, -0.05) is 28.8 Å². The Morgan fingerprint density at radius 3 is 2.63 bits per heavy atom. The molecule has 2 fully saturated rings. The molecule has 1 heterocycles. The summed E-state index contributed by atoms with van der Waals surface area (Å²) in [5.74, 6) is 0.951. The summed E-state index contributed by atoms with van der Waals surface area (Å²) in [6, 6.07) is 7.12. The van der Waals surface area contributed by atoms with E-state index in [1.54, 1.807) is 0 Å². The number of nitrogen functional groups attached to an aromatic ring is 1. The highest BCUT2D eigenvalue weighted by Gasteiger charge is 2.32. The van der Waals surface area contributed by atoms with E-state index in [2.05, 4.69) is 33.0 Å². The highest BCUT2D eigenvalue weighted by atomic mass is 79.9. The van der Waals surface area contributed by atoms with E-state index in [0.717, 1.165) is 28.7 Å². The van der Waals surface area contributed by atoms with Crippen molar-refractivity contribution < 1.29 is 0 Å². The van der Waals surface area contributed by atoms with E-state index in [1.165, 1.54) is 50.6 Å². The van der Waals surface area contributed by atoms with E-state index in [-0.39, 0.29) is 0 Å². The second kappa shape index (κ2) is 5.84. The molecule has 3 rings (SSSR count). The summed E-state index contributed by atoms with van der Waals surface area (Å²) >= 11 is 3.55. The number of nitrogens with two attached hydrogens (primary N) is 1. The van der Waals surface area contributed by atoms with Gasteiger partial charge in [0.2, 0.25) is 0 Å². The first-order chi connectivity index (χ1) is 9.22. The van der Waals surface area contributed by atoms with Crippen LogP contribution in [-0.4, -0.2) is 17.5 Å². The van der Waals surface area contributed by atoms with Crippen molar-refractivity contribution in [1.29, 1.82) is 0 Å². The molecule has 1 unspecified atom stereocenters. The van der Waals surface area contributed by atoms with Gasteiger partial charge in [0.15, 0.2) is 0 Å². The number of rotatable bonds is 3. The van der Waals surface area contributed by atoms with Crippen LogP contribution in [0, 0.1) is 5.92 Å². The van der Waals surface area contributed by atoms with Crippen molar-refractivity contribution >= 4 is 21.6 Å². The van der Waals surface area contributed by atoms with Gasteiger partial charge in [0, 0.05) is 22.7 Å². The van der Waals surface area contributed by atoms with Crippen LogP contribution in [0.3, 0.4) is 0 Å². The second-order valence-corrected chi connectivity index (χ2v) is 7.03. The van der Waals surface area contributed by atoms with E-state index in [1.807, 2.05) is 6.07 Å². The Hall–Kier alpha value is -0.540. The van der Waals surface area contributed by atoms with Crippen LogP contribution < -0.4 is 5.73 Å². The summed E-state index contributed by atoms with van der Waals surface area (Å²) in [5, 5.41) is 0. The van der Waals surface area contributed by atoms with E-state index < -0.39 is 0 Å². The number of halogens is 1. The molecule has 0 bridgehead atoms. The molecule has 1 atom stereocenters. The van der Waals surface area contributed by atoms with Crippen LogP contribution in [0.25, 0.3) is 0 Å². The van der Waals surface area contributed by atoms with Crippen molar-refractivity contribution in [2.75, 3.05) is 12.3 Å². The molecule has 0 aromatic heterocycles. The predicted molar refractivity (Wildman–Crippen MR) is 83.9 cm³/mol. The molecular weight excluding hydrogens is 300 g/mol. The molecule has 19 heavy (non-hydrogen) atoms. The lowest BCUT2D eigenvalue weighted by atomic mass is 9.96. The van der Waals surface area contributed by atoms with Gasteiger partial charge in [-0.15, -0.1) is 0 Å². The quantitative estimate of drug-likeness (QED) is 0.845. The average molecular weight is 323 g/mol. The molecule has 1 aromatic carbocycles. The maximum atomic E-state index is 5.94. The van der Waals surface area contributed by atoms with E-state index >= 15 is 0 Å². The van der Waals surface area contributed by atoms with E-state index in [4.69, 9.17) is 5.73 Å². The SMILES string of the molecule is Nc1cc(Br)cc(CN2CCCC2C2CCCC2)c1. The molecule has 104 valence electrons. The Morgan fingerprint density at radius 1 is 1.11 bits per heavy atom. The third-order valence-corrected chi connectivity index (χ3v) is 5.18. The summed E-state index contributed by atoms with van der Waals surface area (Å²) in [6.07, 6.45) is 8.54. The molecule has 1 aliphatic heterocycles. The number of hydrogen-bond acceptors (Lipinski definition) is 2. The molecule has 2 nitrogen and oxygen atoms in total. The molecule has 0 spiro atoms. The van der Waals surface area contributed by atoms with Gasteiger partial charge in [0.1, 0.15) is 0 Å². The number of anilines is 1. The van der Waals surface area contributed by atoms with Gasteiger partial charge in [0.25, 0.3) is 0 Å². The molecule has 0 radical (unpaired) electrons. The average Bonchev–Trinajstić information content (AvgIpc) is 2.96. The molecular formula is C16H23BrN2. The lowest BCUT2D eigenvalue weighted by Crippen LogP contribution is -2.34. The largest absolute Gasteiger partial charge is 0.399 e. The van der Waals surface area contributed by atoms with Crippen molar-refractivity contribution in [2.24, 2.45) is 5.92 Å². The summed E-state index contributed by atoms with van der Waals surface area (Å²) in [6.45, 7) is 2.32. The van der Waals surface area contributed by atoms with Crippen LogP contribution >= 0.6 is 15.9 Å². The molecule has 1 saturated heterocycles. The Kier molecular flexibility index (Phi) is 4.13. The Balaban J connectivity index is 1.70. The van der Waals surface area contributed by atoms with Crippen molar-refractivity contribution in [3.63, 3.8) is 0 Å². The van der Waals surface area contributed by atoms with Crippen LogP contribution in [0.5, 0.6) is 0 Å². The Bertz CT molecular complexity index is 420. The van der Waals surface area contributed by atoms with Crippen LogP contribution in [0.15, 0.2) is 22.7 Å². The third kappa shape index (κ3) is 3.14. The lowest BCUT2D eigenvalue weighted by molar-refractivity contribution is 0.183. The maximum absolute atomic E-state index is 5.94. The number of benzene rings is 1. The van der Waals surface area contributed by atoms with Crippen molar-refractivity contribution in [2.45, 2.75) is 51.1 Å². The van der Waals surface area contributed by atoms with E-state index in [0.29, 0.717) is 0 Å². The minimum Gasteiger partial charge on any atom is -0.399 e. The maximum Gasteiger partial charge on any atom is 0.0328 e.